The van der Waals surface area contributed by atoms with E-state index in [4.69, 9.17) is 4.74 Å². The SMILES string of the molecule is CC(C)(C)OC(=O)N1C2C=C(c3ccccc3F)CC1CC2. The molecule has 1 amide bonds. The molecule has 1 fully saturated rings. The smallest absolute Gasteiger partial charge is 0.411 e. The first-order valence-electron chi connectivity index (χ1n) is 7.82. The van der Waals surface area contributed by atoms with Crippen LogP contribution < -0.4 is 0 Å². The first-order valence-corrected chi connectivity index (χ1v) is 7.82. The van der Waals surface area contributed by atoms with Gasteiger partial charge in [-0.25, -0.2) is 9.18 Å². The van der Waals surface area contributed by atoms with Gasteiger partial charge in [0.1, 0.15) is 11.4 Å². The first kappa shape index (κ1) is 15.1. The predicted octanol–water partition coefficient (Wildman–Crippen LogP) is 4.38. The van der Waals surface area contributed by atoms with Gasteiger partial charge in [-0.05, 0) is 51.7 Å². The molecule has 2 heterocycles. The molecular formula is C18H22FNO2. The van der Waals surface area contributed by atoms with E-state index in [-0.39, 0.29) is 24.0 Å². The molecule has 0 aromatic heterocycles. The fraction of sp³-hybridized carbons (Fsp3) is 0.500. The molecule has 22 heavy (non-hydrogen) atoms. The summed E-state index contributed by atoms with van der Waals surface area (Å²) in [7, 11) is 0. The van der Waals surface area contributed by atoms with Crippen molar-refractivity contribution in [3.63, 3.8) is 0 Å². The summed E-state index contributed by atoms with van der Waals surface area (Å²) in [5.74, 6) is -0.195. The van der Waals surface area contributed by atoms with Gasteiger partial charge in [0.25, 0.3) is 0 Å². The van der Waals surface area contributed by atoms with Crippen LogP contribution in [0, 0.1) is 5.82 Å². The molecule has 1 aromatic rings. The first-order chi connectivity index (χ1) is 10.3. The van der Waals surface area contributed by atoms with E-state index in [1.807, 2.05) is 43.9 Å². The van der Waals surface area contributed by atoms with Crippen molar-refractivity contribution >= 4 is 11.7 Å². The van der Waals surface area contributed by atoms with Crippen LogP contribution in [0.2, 0.25) is 0 Å². The lowest BCUT2D eigenvalue weighted by molar-refractivity contribution is 0.0175. The highest BCUT2D eigenvalue weighted by Gasteiger charge is 2.41. The monoisotopic (exact) mass is 303 g/mol. The molecule has 0 N–H and O–H groups in total. The zero-order valence-corrected chi connectivity index (χ0v) is 13.3. The van der Waals surface area contributed by atoms with E-state index in [1.165, 1.54) is 6.07 Å². The average molecular weight is 303 g/mol. The molecule has 3 rings (SSSR count). The Bertz CT molecular complexity index is 618. The van der Waals surface area contributed by atoms with Crippen LogP contribution in [0.3, 0.4) is 0 Å². The van der Waals surface area contributed by atoms with E-state index >= 15 is 0 Å². The van der Waals surface area contributed by atoms with Gasteiger partial charge >= 0.3 is 6.09 Å². The van der Waals surface area contributed by atoms with E-state index in [2.05, 4.69) is 0 Å². The van der Waals surface area contributed by atoms with Crippen molar-refractivity contribution in [3.05, 3.63) is 41.7 Å². The predicted molar refractivity (Wildman–Crippen MR) is 83.9 cm³/mol. The maximum absolute atomic E-state index is 14.0. The fourth-order valence-electron chi connectivity index (χ4n) is 3.35. The average Bonchev–Trinajstić information content (AvgIpc) is 2.68. The third-order valence-electron chi connectivity index (χ3n) is 4.22. The summed E-state index contributed by atoms with van der Waals surface area (Å²) in [6.07, 6.45) is 4.33. The number of fused-ring (bicyclic) bond motifs is 2. The fourth-order valence-corrected chi connectivity index (χ4v) is 3.35. The lowest BCUT2D eigenvalue weighted by atomic mass is 9.94. The summed E-state index contributed by atoms with van der Waals surface area (Å²) in [5.41, 5.74) is 1.17. The Labute approximate surface area is 130 Å². The summed E-state index contributed by atoms with van der Waals surface area (Å²) in [6, 6.07) is 6.97. The summed E-state index contributed by atoms with van der Waals surface area (Å²) in [6.45, 7) is 5.62. The van der Waals surface area contributed by atoms with Crippen molar-refractivity contribution in [1.82, 2.24) is 4.90 Å². The highest BCUT2D eigenvalue weighted by atomic mass is 19.1. The second-order valence-corrected chi connectivity index (χ2v) is 7.06. The van der Waals surface area contributed by atoms with Gasteiger partial charge in [-0.2, -0.15) is 0 Å². The van der Waals surface area contributed by atoms with Crippen LogP contribution in [0.4, 0.5) is 9.18 Å². The van der Waals surface area contributed by atoms with Crippen LogP contribution >= 0.6 is 0 Å². The highest BCUT2D eigenvalue weighted by molar-refractivity contribution is 5.75. The number of rotatable bonds is 1. The Hall–Kier alpha value is -1.84. The number of halogens is 1. The van der Waals surface area contributed by atoms with Crippen LogP contribution in [0.1, 0.15) is 45.6 Å². The van der Waals surface area contributed by atoms with E-state index in [0.717, 1.165) is 18.4 Å². The summed E-state index contributed by atoms with van der Waals surface area (Å²) < 4.78 is 19.5. The van der Waals surface area contributed by atoms with Gasteiger partial charge in [-0.15, -0.1) is 0 Å². The van der Waals surface area contributed by atoms with Crippen molar-refractivity contribution in [2.24, 2.45) is 0 Å². The molecule has 2 aliphatic rings. The maximum atomic E-state index is 14.0. The zero-order chi connectivity index (χ0) is 15.9. The second kappa shape index (κ2) is 5.41. The highest BCUT2D eigenvalue weighted by Crippen LogP contribution is 2.39. The third-order valence-corrected chi connectivity index (χ3v) is 4.22. The third kappa shape index (κ3) is 2.87. The summed E-state index contributed by atoms with van der Waals surface area (Å²) in [4.78, 5) is 14.2. The topological polar surface area (TPSA) is 29.5 Å². The number of hydrogen-bond acceptors (Lipinski definition) is 2. The van der Waals surface area contributed by atoms with Crippen LogP contribution in [0.25, 0.3) is 5.57 Å². The van der Waals surface area contributed by atoms with Gasteiger partial charge < -0.3 is 4.74 Å². The van der Waals surface area contributed by atoms with E-state index in [9.17, 15) is 9.18 Å². The van der Waals surface area contributed by atoms with Gasteiger partial charge in [0.05, 0.1) is 6.04 Å². The number of ether oxygens (including phenoxy) is 1. The molecule has 4 heteroatoms. The quantitative estimate of drug-likeness (QED) is 0.770. The van der Waals surface area contributed by atoms with Crippen molar-refractivity contribution < 1.29 is 13.9 Å². The molecule has 2 aliphatic heterocycles. The maximum Gasteiger partial charge on any atom is 0.411 e. The van der Waals surface area contributed by atoms with Crippen molar-refractivity contribution in [2.45, 2.75) is 57.7 Å². The molecule has 2 atom stereocenters. The minimum absolute atomic E-state index is 0.0169. The molecule has 3 nitrogen and oxygen atoms in total. The summed E-state index contributed by atoms with van der Waals surface area (Å²) in [5, 5.41) is 0. The minimum atomic E-state index is -0.494. The molecule has 2 unspecified atom stereocenters. The zero-order valence-electron chi connectivity index (χ0n) is 13.3. The molecule has 0 spiro atoms. The largest absolute Gasteiger partial charge is 0.444 e. The van der Waals surface area contributed by atoms with Gasteiger partial charge in [0.2, 0.25) is 0 Å². The Morgan fingerprint density at radius 2 is 2.00 bits per heavy atom. The van der Waals surface area contributed by atoms with Crippen LogP contribution in [-0.2, 0) is 4.74 Å². The van der Waals surface area contributed by atoms with E-state index in [0.29, 0.717) is 12.0 Å². The standard InChI is InChI=1S/C18H22FNO2/c1-18(2,3)22-17(21)20-13-8-9-14(20)11-12(10-13)15-6-4-5-7-16(15)19/h4-7,10,13-14H,8-9,11H2,1-3H3. The minimum Gasteiger partial charge on any atom is -0.444 e. The number of hydrogen-bond donors (Lipinski definition) is 0. The number of amides is 1. The van der Waals surface area contributed by atoms with Gasteiger partial charge in [0.15, 0.2) is 0 Å². The van der Waals surface area contributed by atoms with E-state index in [1.54, 1.807) is 6.07 Å². The Morgan fingerprint density at radius 1 is 1.27 bits per heavy atom. The number of benzene rings is 1. The Kier molecular flexibility index (Phi) is 3.71. The number of carbonyl (C=O) groups excluding carboxylic acids is 1. The van der Waals surface area contributed by atoms with Crippen LogP contribution in [0.15, 0.2) is 30.3 Å². The number of nitrogens with zero attached hydrogens (tertiary/aromatic N) is 1. The molecule has 2 bridgehead atoms. The normalized spacial score (nSPS) is 24.2. The molecule has 0 aliphatic carbocycles. The van der Waals surface area contributed by atoms with Crippen molar-refractivity contribution in [1.29, 1.82) is 0 Å². The molecule has 118 valence electrons. The van der Waals surface area contributed by atoms with Crippen LogP contribution in [-0.4, -0.2) is 28.7 Å². The Balaban J connectivity index is 1.84. The van der Waals surface area contributed by atoms with E-state index < -0.39 is 5.60 Å². The molecular weight excluding hydrogens is 281 g/mol. The van der Waals surface area contributed by atoms with Gasteiger partial charge in [-0.3, -0.25) is 4.90 Å². The van der Waals surface area contributed by atoms with Crippen LogP contribution in [0.5, 0.6) is 0 Å². The molecule has 1 saturated heterocycles. The van der Waals surface area contributed by atoms with Gasteiger partial charge in [0, 0.05) is 11.6 Å². The molecule has 1 aromatic carbocycles. The van der Waals surface area contributed by atoms with Crippen molar-refractivity contribution in [2.75, 3.05) is 0 Å². The lowest BCUT2D eigenvalue weighted by Crippen LogP contribution is -2.45. The second-order valence-electron chi connectivity index (χ2n) is 7.06. The molecule has 0 radical (unpaired) electrons. The molecule has 0 saturated carbocycles. The number of carbonyl (C=O) groups is 1. The van der Waals surface area contributed by atoms with Crippen molar-refractivity contribution in [3.8, 4) is 0 Å². The lowest BCUT2D eigenvalue weighted by Gasteiger charge is -2.35. The Morgan fingerprint density at radius 3 is 2.64 bits per heavy atom. The van der Waals surface area contributed by atoms with Gasteiger partial charge in [-0.1, -0.05) is 24.3 Å². The summed E-state index contributed by atoms with van der Waals surface area (Å²) >= 11 is 0.